The number of rotatable bonds is 11. The highest BCUT2D eigenvalue weighted by molar-refractivity contribution is 5.88. The van der Waals surface area contributed by atoms with Crippen LogP contribution in [0.2, 0.25) is 0 Å². The number of likely N-dealkylation sites (N-methyl/N-ethyl adjacent to an activating group) is 1. The van der Waals surface area contributed by atoms with Crippen LogP contribution in [0.1, 0.15) is 43.2 Å². The van der Waals surface area contributed by atoms with Gasteiger partial charge in [-0.05, 0) is 45.5 Å². The first-order valence-electron chi connectivity index (χ1n) is 12.2. The first-order valence-corrected chi connectivity index (χ1v) is 12.2. The van der Waals surface area contributed by atoms with E-state index in [1.165, 1.54) is 50.0 Å². The Labute approximate surface area is 216 Å². The minimum Gasteiger partial charge on any atom is -0.481 e. The minimum absolute atomic E-state index is 0.813. The third-order valence-electron chi connectivity index (χ3n) is 6.08. The van der Waals surface area contributed by atoms with Gasteiger partial charge in [0.15, 0.2) is 11.4 Å². The fraction of sp³-hybridized carbons (Fsp3) is 0.500. The van der Waals surface area contributed by atoms with Crippen molar-refractivity contribution in [3.05, 3.63) is 47.8 Å². The second kappa shape index (κ2) is 14.4. The highest BCUT2D eigenvalue weighted by Crippen LogP contribution is 2.19. The van der Waals surface area contributed by atoms with Crippen LogP contribution in [-0.2, 0) is 20.9 Å². The smallest absolute Gasteiger partial charge is 0.336 e. The van der Waals surface area contributed by atoms with Gasteiger partial charge in [0.05, 0.1) is 12.8 Å². The van der Waals surface area contributed by atoms with E-state index in [0.29, 0.717) is 0 Å². The molecular weight excluding hydrogens is 480 g/mol. The zero-order valence-electron chi connectivity index (χ0n) is 21.3. The quantitative estimate of drug-likeness (QED) is 0.346. The SMILES string of the molecule is Cc1ccccc1-c1ncc(CN(C)CCN2CCCCC2)cn1.O=C(O)CC(O)(CC(=O)O)C(=O)O. The van der Waals surface area contributed by atoms with Gasteiger partial charge < -0.3 is 30.2 Å². The van der Waals surface area contributed by atoms with E-state index in [-0.39, 0.29) is 0 Å². The van der Waals surface area contributed by atoms with Crippen molar-refractivity contribution in [3.63, 3.8) is 0 Å². The van der Waals surface area contributed by atoms with Gasteiger partial charge in [-0.1, -0.05) is 30.7 Å². The predicted octanol–water partition coefficient (Wildman–Crippen LogP) is 2.12. The minimum atomic E-state index is -2.74. The summed E-state index contributed by atoms with van der Waals surface area (Å²) in [5.74, 6) is -4.21. The molecule has 0 unspecified atom stereocenters. The highest BCUT2D eigenvalue weighted by atomic mass is 16.4. The number of hydrogen-bond acceptors (Lipinski definition) is 8. The Balaban J connectivity index is 0.000000317. The Morgan fingerprint density at radius 1 is 0.973 bits per heavy atom. The third-order valence-corrected chi connectivity index (χ3v) is 6.08. The van der Waals surface area contributed by atoms with Crippen molar-refractivity contribution in [2.24, 2.45) is 0 Å². The maximum atomic E-state index is 10.3. The number of carbonyl (C=O) groups is 3. The fourth-order valence-electron chi connectivity index (χ4n) is 4.00. The lowest BCUT2D eigenvalue weighted by molar-refractivity contribution is -0.170. The lowest BCUT2D eigenvalue weighted by Gasteiger charge is -2.28. The van der Waals surface area contributed by atoms with Crippen molar-refractivity contribution in [3.8, 4) is 11.4 Å². The van der Waals surface area contributed by atoms with Gasteiger partial charge in [0, 0.05) is 43.2 Å². The molecule has 3 rings (SSSR count). The van der Waals surface area contributed by atoms with E-state index in [1.54, 1.807) is 0 Å². The molecule has 0 spiro atoms. The molecule has 0 atom stereocenters. The van der Waals surface area contributed by atoms with Crippen LogP contribution in [0.4, 0.5) is 0 Å². The van der Waals surface area contributed by atoms with Crippen LogP contribution in [-0.4, -0.2) is 96.9 Å². The van der Waals surface area contributed by atoms with Gasteiger partial charge in [0.2, 0.25) is 0 Å². The molecule has 0 saturated carbocycles. The van der Waals surface area contributed by atoms with Gasteiger partial charge >= 0.3 is 17.9 Å². The molecule has 11 nitrogen and oxygen atoms in total. The summed E-state index contributed by atoms with van der Waals surface area (Å²) in [6.07, 6.45) is 5.76. The molecule has 0 amide bonds. The zero-order valence-corrected chi connectivity index (χ0v) is 21.3. The molecule has 1 aromatic heterocycles. The maximum absolute atomic E-state index is 10.3. The van der Waals surface area contributed by atoms with Crippen molar-refractivity contribution in [1.82, 2.24) is 19.8 Å². The van der Waals surface area contributed by atoms with Crippen molar-refractivity contribution in [2.75, 3.05) is 33.2 Å². The molecule has 202 valence electrons. The number of nitrogens with zero attached hydrogens (tertiary/aromatic N) is 4. The fourth-order valence-corrected chi connectivity index (χ4v) is 4.00. The molecular formula is C26H36N4O7. The van der Waals surface area contributed by atoms with Crippen molar-refractivity contribution < 1.29 is 34.8 Å². The largest absolute Gasteiger partial charge is 0.481 e. The van der Waals surface area contributed by atoms with E-state index in [4.69, 9.17) is 20.4 Å². The molecule has 1 fully saturated rings. The molecule has 0 bridgehead atoms. The number of likely N-dealkylation sites (tertiary alicyclic amines) is 1. The summed E-state index contributed by atoms with van der Waals surface area (Å²) >= 11 is 0. The first-order chi connectivity index (χ1) is 17.5. The van der Waals surface area contributed by atoms with E-state index in [9.17, 15) is 14.4 Å². The van der Waals surface area contributed by atoms with Crippen molar-refractivity contribution in [1.29, 1.82) is 0 Å². The molecule has 11 heteroatoms. The summed E-state index contributed by atoms with van der Waals surface area (Å²) < 4.78 is 0. The standard InChI is InChI=1S/C20H28N4.C6H8O7/c1-17-8-4-5-9-19(17)20-21-14-18(15-22-20)16-23(2)12-13-24-10-6-3-7-11-24;7-3(8)1-6(13,5(11)12)2-4(9)10/h4-5,8-9,14-15H,3,6-7,10-13,16H2,1-2H3;13H,1-2H2,(H,7,8)(H,9,10)(H,11,12). The Bertz CT molecular complexity index is 1020. The van der Waals surface area contributed by atoms with E-state index in [2.05, 4.69) is 45.9 Å². The molecule has 0 radical (unpaired) electrons. The number of benzene rings is 1. The number of aliphatic carboxylic acids is 3. The van der Waals surface area contributed by atoms with Gasteiger partial charge in [-0.25, -0.2) is 14.8 Å². The summed E-state index contributed by atoms with van der Waals surface area (Å²) in [5.41, 5.74) is 0.761. The van der Waals surface area contributed by atoms with Gasteiger partial charge in [0.1, 0.15) is 0 Å². The molecule has 2 heterocycles. The number of aryl methyl sites for hydroxylation is 1. The van der Waals surface area contributed by atoms with E-state index < -0.39 is 36.4 Å². The van der Waals surface area contributed by atoms with Crippen LogP contribution >= 0.6 is 0 Å². The number of carboxylic acids is 3. The number of hydrogen-bond donors (Lipinski definition) is 4. The van der Waals surface area contributed by atoms with E-state index in [0.717, 1.165) is 24.5 Å². The molecule has 2 aromatic rings. The van der Waals surface area contributed by atoms with Crippen molar-refractivity contribution >= 4 is 17.9 Å². The van der Waals surface area contributed by atoms with Crippen LogP contribution in [0.15, 0.2) is 36.7 Å². The average Bonchev–Trinajstić information content (AvgIpc) is 2.84. The molecule has 37 heavy (non-hydrogen) atoms. The summed E-state index contributed by atoms with van der Waals surface area (Å²) in [5, 5.41) is 33.8. The first kappa shape index (κ1) is 29.8. The van der Waals surface area contributed by atoms with Gasteiger partial charge in [-0.2, -0.15) is 0 Å². The number of carboxylic acid groups (broad SMARTS) is 3. The second-order valence-corrected chi connectivity index (χ2v) is 9.35. The summed E-state index contributed by atoms with van der Waals surface area (Å²) in [6.45, 7) is 7.80. The van der Waals surface area contributed by atoms with Gasteiger partial charge in [0.25, 0.3) is 0 Å². The molecule has 1 saturated heterocycles. The summed E-state index contributed by atoms with van der Waals surface area (Å²) in [4.78, 5) is 44.6. The highest BCUT2D eigenvalue weighted by Gasteiger charge is 2.40. The van der Waals surface area contributed by atoms with Crippen LogP contribution in [0, 0.1) is 6.92 Å². The third kappa shape index (κ3) is 10.2. The second-order valence-electron chi connectivity index (χ2n) is 9.35. The van der Waals surface area contributed by atoms with Crippen LogP contribution < -0.4 is 0 Å². The van der Waals surface area contributed by atoms with Crippen molar-refractivity contribution in [2.45, 2.75) is 51.2 Å². The summed E-state index contributed by atoms with van der Waals surface area (Å²) in [6, 6.07) is 8.26. The Morgan fingerprint density at radius 3 is 2.05 bits per heavy atom. The normalized spacial score (nSPS) is 14.1. The molecule has 1 aromatic carbocycles. The lowest BCUT2D eigenvalue weighted by Crippen LogP contribution is -2.42. The molecule has 4 N–H and O–H groups in total. The number of aliphatic hydroxyl groups is 1. The predicted molar refractivity (Wildman–Crippen MR) is 136 cm³/mol. The Morgan fingerprint density at radius 2 is 1.54 bits per heavy atom. The Kier molecular flexibility index (Phi) is 11.6. The van der Waals surface area contributed by atoms with E-state index in [1.807, 2.05) is 24.5 Å². The molecule has 0 aliphatic carbocycles. The Hall–Kier alpha value is -3.41. The lowest BCUT2D eigenvalue weighted by atomic mass is 9.96. The van der Waals surface area contributed by atoms with Crippen LogP contribution in [0.3, 0.4) is 0 Å². The van der Waals surface area contributed by atoms with E-state index >= 15 is 0 Å². The molecule has 1 aliphatic heterocycles. The van der Waals surface area contributed by atoms with Crippen LogP contribution in [0.5, 0.6) is 0 Å². The topological polar surface area (TPSA) is 164 Å². The number of piperidine rings is 1. The van der Waals surface area contributed by atoms with Crippen LogP contribution in [0.25, 0.3) is 11.4 Å². The van der Waals surface area contributed by atoms with Gasteiger partial charge in [-0.3, -0.25) is 9.59 Å². The zero-order chi connectivity index (χ0) is 27.4. The molecule has 1 aliphatic rings. The maximum Gasteiger partial charge on any atom is 0.336 e. The average molecular weight is 517 g/mol. The number of aromatic nitrogens is 2. The summed E-state index contributed by atoms with van der Waals surface area (Å²) in [7, 11) is 2.18. The monoisotopic (exact) mass is 516 g/mol. The van der Waals surface area contributed by atoms with Gasteiger partial charge in [-0.15, -0.1) is 0 Å².